The maximum Gasteiger partial charge on any atom is 0.120 e. The van der Waals surface area contributed by atoms with Gasteiger partial charge in [0.25, 0.3) is 0 Å². The SMILES string of the molecule is CCCCCCCCSCCCCCCCCCCCCBCC(CC)CCCC. The average molecular weight is 439 g/mol. The van der Waals surface area contributed by atoms with Gasteiger partial charge in [-0.25, -0.2) is 0 Å². The zero-order valence-electron chi connectivity index (χ0n) is 21.7. The number of hydrogen-bond donors (Lipinski definition) is 0. The molecule has 0 fully saturated rings. The highest BCUT2D eigenvalue weighted by molar-refractivity contribution is 7.99. The van der Waals surface area contributed by atoms with Gasteiger partial charge in [-0.1, -0.05) is 149 Å². The summed E-state index contributed by atoms with van der Waals surface area (Å²) in [4.78, 5) is 0. The van der Waals surface area contributed by atoms with E-state index in [-0.39, 0.29) is 0 Å². The standard InChI is InChI=1S/C28H59BS/c1-4-7-9-10-18-21-25-30-26-22-19-16-14-12-11-13-15-17-20-24-29-27-28(6-3)23-8-5-2/h28-29H,4-27H2,1-3H3. The lowest BCUT2D eigenvalue weighted by atomic mass is 9.64. The van der Waals surface area contributed by atoms with E-state index in [1.54, 1.807) is 0 Å². The summed E-state index contributed by atoms with van der Waals surface area (Å²) < 4.78 is 0. The van der Waals surface area contributed by atoms with Crippen LogP contribution >= 0.6 is 11.8 Å². The molecule has 1 unspecified atom stereocenters. The first-order chi connectivity index (χ1) is 14.8. The predicted octanol–water partition coefficient (Wildman–Crippen LogP) is 10.5. The van der Waals surface area contributed by atoms with Crippen molar-refractivity contribution in [3.63, 3.8) is 0 Å². The van der Waals surface area contributed by atoms with Crippen molar-refractivity contribution >= 4 is 19.0 Å². The highest BCUT2D eigenvalue weighted by Gasteiger charge is 2.06. The molecule has 0 saturated carbocycles. The molecule has 0 aliphatic heterocycles. The summed E-state index contributed by atoms with van der Waals surface area (Å²) in [7, 11) is 1.49. The summed E-state index contributed by atoms with van der Waals surface area (Å²) >= 11 is 2.21. The van der Waals surface area contributed by atoms with Gasteiger partial charge in [-0.05, 0) is 30.3 Å². The van der Waals surface area contributed by atoms with Crippen molar-refractivity contribution < 1.29 is 0 Å². The van der Waals surface area contributed by atoms with Crippen LogP contribution in [0.2, 0.25) is 12.6 Å². The van der Waals surface area contributed by atoms with Gasteiger partial charge >= 0.3 is 0 Å². The number of hydrogen-bond acceptors (Lipinski definition) is 1. The van der Waals surface area contributed by atoms with Crippen molar-refractivity contribution in [2.45, 2.75) is 162 Å². The van der Waals surface area contributed by atoms with Crippen LogP contribution in [0.3, 0.4) is 0 Å². The Bertz CT molecular complexity index is 294. The van der Waals surface area contributed by atoms with Crippen LogP contribution in [-0.4, -0.2) is 18.8 Å². The molecular formula is C28H59BS. The lowest BCUT2D eigenvalue weighted by Gasteiger charge is -2.13. The Hall–Kier alpha value is 0.415. The lowest BCUT2D eigenvalue weighted by Crippen LogP contribution is -2.03. The molecule has 0 nitrogen and oxygen atoms in total. The molecule has 0 aromatic carbocycles. The van der Waals surface area contributed by atoms with Crippen molar-refractivity contribution in [1.29, 1.82) is 0 Å². The van der Waals surface area contributed by atoms with Crippen LogP contribution in [0.5, 0.6) is 0 Å². The Kier molecular flexibility index (Phi) is 27.8. The normalized spacial score (nSPS) is 12.4. The largest absolute Gasteiger partial charge is 0.162 e. The molecular weight excluding hydrogens is 379 g/mol. The molecule has 0 aromatic rings. The maximum atomic E-state index is 2.39. The molecule has 0 amide bonds. The Labute approximate surface area is 198 Å². The molecule has 0 aliphatic carbocycles. The highest BCUT2D eigenvalue weighted by atomic mass is 32.2. The summed E-state index contributed by atoms with van der Waals surface area (Å²) in [5.74, 6) is 3.83. The maximum absolute atomic E-state index is 2.39. The van der Waals surface area contributed by atoms with E-state index in [9.17, 15) is 0 Å². The van der Waals surface area contributed by atoms with E-state index in [4.69, 9.17) is 0 Å². The van der Waals surface area contributed by atoms with Crippen molar-refractivity contribution in [2.75, 3.05) is 11.5 Å². The predicted molar refractivity (Wildman–Crippen MR) is 147 cm³/mol. The van der Waals surface area contributed by atoms with Crippen molar-refractivity contribution in [2.24, 2.45) is 5.92 Å². The minimum atomic E-state index is 1.02. The smallest absolute Gasteiger partial charge is 0.120 e. The van der Waals surface area contributed by atoms with E-state index in [2.05, 4.69) is 32.5 Å². The van der Waals surface area contributed by atoms with Gasteiger partial charge in [0, 0.05) is 0 Å². The summed E-state index contributed by atoms with van der Waals surface area (Å²) in [5.41, 5.74) is 0. The number of unbranched alkanes of at least 4 members (excludes halogenated alkanes) is 15. The summed E-state index contributed by atoms with van der Waals surface area (Å²) in [6.45, 7) is 7.01. The third kappa shape index (κ3) is 24.7. The minimum absolute atomic E-state index is 1.02. The number of rotatable bonds is 26. The monoisotopic (exact) mass is 438 g/mol. The molecule has 0 N–H and O–H groups in total. The molecule has 0 saturated heterocycles. The molecule has 180 valence electrons. The van der Waals surface area contributed by atoms with Crippen molar-refractivity contribution in [3.05, 3.63) is 0 Å². The summed E-state index contributed by atoms with van der Waals surface area (Å²) in [6, 6.07) is 0. The number of thioether (sulfide) groups is 1. The first-order valence-corrected chi connectivity index (χ1v) is 15.6. The molecule has 1 atom stereocenters. The molecule has 0 bridgehead atoms. The van der Waals surface area contributed by atoms with Gasteiger partial charge in [0.2, 0.25) is 0 Å². The Morgan fingerprint density at radius 1 is 0.533 bits per heavy atom. The van der Waals surface area contributed by atoms with Crippen LogP contribution < -0.4 is 0 Å². The topological polar surface area (TPSA) is 0 Å². The average Bonchev–Trinajstić information content (AvgIpc) is 2.76. The highest BCUT2D eigenvalue weighted by Crippen LogP contribution is 2.18. The molecule has 0 heterocycles. The minimum Gasteiger partial charge on any atom is -0.162 e. The van der Waals surface area contributed by atoms with Crippen LogP contribution in [0.25, 0.3) is 0 Å². The zero-order chi connectivity index (χ0) is 22.0. The lowest BCUT2D eigenvalue weighted by molar-refractivity contribution is 0.489. The van der Waals surface area contributed by atoms with Gasteiger partial charge in [0.05, 0.1) is 0 Å². The van der Waals surface area contributed by atoms with E-state index < -0.39 is 0 Å². The molecule has 0 spiro atoms. The third-order valence-electron chi connectivity index (χ3n) is 6.84. The Morgan fingerprint density at radius 2 is 1.00 bits per heavy atom. The van der Waals surface area contributed by atoms with Gasteiger partial charge in [-0.15, -0.1) is 0 Å². The van der Waals surface area contributed by atoms with Gasteiger partial charge in [-0.2, -0.15) is 11.8 Å². The van der Waals surface area contributed by atoms with Gasteiger partial charge < -0.3 is 0 Å². The zero-order valence-corrected chi connectivity index (χ0v) is 22.5. The van der Waals surface area contributed by atoms with E-state index in [0.717, 1.165) is 5.92 Å². The van der Waals surface area contributed by atoms with E-state index >= 15 is 0 Å². The quantitative estimate of drug-likeness (QED) is 0.0955. The fourth-order valence-corrected chi connectivity index (χ4v) is 5.56. The fourth-order valence-electron chi connectivity index (χ4n) is 4.54. The van der Waals surface area contributed by atoms with Gasteiger partial charge in [0.15, 0.2) is 0 Å². The van der Waals surface area contributed by atoms with Crippen LogP contribution in [0.15, 0.2) is 0 Å². The van der Waals surface area contributed by atoms with Crippen molar-refractivity contribution in [3.8, 4) is 0 Å². The van der Waals surface area contributed by atoms with Crippen LogP contribution in [-0.2, 0) is 0 Å². The molecule has 0 radical (unpaired) electrons. The third-order valence-corrected chi connectivity index (χ3v) is 7.99. The van der Waals surface area contributed by atoms with Crippen molar-refractivity contribution in [1.82, 2.24) is 0 Å². The van der Waals surface area contributed by atoms with Crippen LogP contribution in [0.1, 0.15) is 149 Å². The summed E-state index contributed by atoms with van der Waals surface area (Å²) in [5, 5.41) is 0. The molecule has 0 rings (SSSR count). The Balaban J connectivity index is 3.09. The second-order valence-electron chi connectivity index (χ2n) is 9.83. The van der Waals surface area contributed by atoms with Gasteiger partial charge in [0.1, 0.15) is 7.28 Å². The summed E-state index contributed by atoms with van der Waals surface area (Å²) in [6.07, 6.45) is 32.1. The molecule has 30 heavy (non-hydrogen) atoms. The fraction of sp³-hybridized carbons (Fsp3) is 1.00. The molecule has 0 aliphatic rings. The first kappa shape index (κ1) is 30.4. The second kappa shape index (κ2) is 27.4. The van der Waals surface area contributed by atoms with E-state index in [1.165, 1.54) is 160 Å². The van der Waals surface area contributed by atoms with Gasteiger partial charge in [-0.3, -0.25) is 0 Å². The van der Waals surface area contributed by atoms with Crippen LogP contribution in [0, 0.1) is 5.92 Å². The molecule has 0 aromatic heterocycles. The van der Waals surface area contributed by atoms with Crippen LogP contribution in [0.4, 0.5) is 0 Å². The second-order valence-corrected chi connectivity index (χ2v) is 11.1. The Morgan fingerprint density at radius 3 is 1.50 bits per heavy atom. The molecule has 2 heteroatoms. The first-order valence-electron chi connectivity index (χ1n) is 14.4. The van der Waals surface area contributed by atoms with E-state index in [0.29, 0.717) is 0 Å². The van der Waals surface area contributed by atoms with E-state index in [1.807, 2.05) is 0 Å².